The number of nitrogens with one attached hydrogen (secondary N) is 1. The summed E-state index contributed by atoms with van der Waals surface area (Å²) >= 11 is 0. The van der Waals surface area contributed by atoms with Gasteiger partial charge in [-0.05, 0) is 12.8 Å². The number of hydrogen-bond acceptors (Lipinski definition) is 3. The lowest BCUT2D eigenvalue weighted by molar-refractivity contribution is 0.0690. The number of aromatic carboxylic acids is 1. The SMILES string of the molecule is CCCCc1n[nH]c(COC)c1C(=O)O. The number of carbonyl (C=O) groups is 1. The van der Waals surface area contributed by atoms with Gasteiger partial charge in [0.2, 0.25) is 0 Å². The molecule has 0 amide bonds. The fourth-order valence-corrected chi connectivity index (χ4v) is 1.45. The summed E-state index contributed by atoms with van der Waals surface area (Å²) in [5.74, 6) is -0.943. The average molecular weight is 212 g/mol. The highest BCUT2D eigenvalue weighted by atomic mass is 16.5. The number of ether oxygens (including phenoxy) is 1. The van der Waals surface area contributed by atoms with Gasteiger partial charge < -0.3 is 9.84 Å². The Labute approximate surface area is 88.5 Å². The largest absolute Gasteiger partial charge is 0.478 e. The zero-order chi connectivity index (χ0) is 11.3. The zero-order valence-electron chi connectivity index (χ0n) is 9.04. The summed E-state index contributed by atoms with van der Waals surface area (Å²) in [7, 11) is 1.53. The van der Waals surface area contributed by atoms with E-state index >= 15 is 0 Å². The summed E-state index contributed by atoms with van der Waals surface area (Å²) in [5, 5.41) is 15.8. The number of H-pyrrole nitrogens is 1. The number of aromatic nitrogens is 2. The smallest absolute Gasteiger partial charge is 0.339 e. The number of aryl methyl sites for hydroxylation is 1. The molecule has 0 bridgehead atoms. The summed E-state index contributed by atoms with van der Waals surface area (Å²) in [6.07, 6.45) is 2.65. The Kier molecular flexibility index (Phi) is 4.30. The van der Waals surface area contributed by atoms with Crippen molar-refractivity contribution in [3.05, 3.63) is 17.0 Å². The van der Waals surface area contributed by atoms with E-state index < -0.39 is 5.97 Å². The Bertz CT molecular complexity index is 333. The van der Waals surface area contributed by atoms with Crippen molar-refractivity contribution in [3.8, 4) is 0 Å². The van der Waals surface area contributed by atoms with Gasteiger partial charge >= 0.3 is 5.97 Å². The lowest BCUT2D eigenvalue weighted by atomic mass is 10.1. The molecule has 0 atom stereocenters. The lowest BCUT2D eigenvalue weighted by Crippen LogP contribution is -2.04. The fourth-order valence-electron chi connectivity index (χ4n) is 1.45. The van der Waals surface area contributed by atoms with Crippen LogP contribution >= 0.6 is 0 Å². The molecule has 1 aromatic rings. The first kappa shape index (κ1) is 11.7. The fraction of sp³-hybridized carbons (Fsp3) is 0.600. The van der Waals surface area contributed by atoms with Crippen LogP contribution < -0.4 is 0 Å². The quantitative estimate of drug-likeness (QED) is 0.751. The summed E-state index contributed by atoms with van der Waals surface area (Å²) in [5.41, 5.74) is 1.43. The van der Waals surface area contributed by atoms with Gasteiger partial charge in [0.25, 0.3) is 0 Å². The molecule has 1 aromatic heterocycles. The van der Waals surface area contributed by atoms with Crippen LogP contribution in [0.25, 0.3) is 0 Å². The van der Waals surface area contributed by atoms with E-state index in [1.807, 2.05) is 0 Å². The molecule has 84 valence electrons. The Morgan fingerprint density at radius 2 is 2.33 bits per heavy atom. The second kappa shape index (κ2) is 5.50. The van der Waals surface area contributed by atoms with Gasteiger partial charge in [-0.15, -0.1) is 0 Å². The van der Waals surface area contributed by atoms with E-state index in [-0.39, 0.29) is 12.2 Å². The third-order valence-corrected chi connectivity index (χ3v) is 2.19. The van der Waals surface area contributed by atoms with Gasteiger partial charge in [0.1, 0.15) is 5.56 Å². The highest BCUT2D eigenvalue weighted by Crippen LogP contribution is 2.14. The lowest BCUT2D eigenvalue weighted by Gasteiger charge is -1.99. The molecular weight excluding hydrogens is 196 g/mol. The number of carboxylic acid groups (broad SMARTS) is 1. The molecule has 0 aliphatic rings. The Morgan fingerprint density at radius 1 is 1.60 bits per heavy atom. The van der Waals surface area contributed by atoms with Crippen LogP contribution in [0, 0.1) is 0 Å². The molecule has 0 saturated carbocycles. The first-order chi connectivity index (χ1) is 7.20. The second-order valence-electron chi connectivity index (χ2n) is 3.37. The standard InChI is InChI=1S/C10H16N2O3/c1-3-4-5-7-9(10(13)14)8(6-15-2)12-11-7/h3-6H2,1-2H3,(H,11,12)(H,13,14). The maximum absolute atomic E-state index is 11.0. The van der Waals surface area contributed by atoms with Crippen LogP contribution in [0.3, 0.4) is 0 Å². The van der Waals surface area contributed by atoms with Crippen molar-refractivity contribution in [2.45, 2.75) is 32.8 Å². The molecule has 0 unspecified atom stereocenters. The molecule has 5 heteroatoms. The molecule has 0 aromatic carbocycles. The molecule has 0 radical (unpaired) electrons. The van der Waals surface area contributed by atoms with Crippen LogP contribution in [0.4, 0.5) is 0 Å². The normalized spacial score (nSPS) is 10.5. The van der Waals surface area contributed by atoms with Gasteiger partial charge in [0.15, 0.2) is 0 Å². The van der Waals surface area contributed by atoms with Crippen LogP contribution in [0.15, 0.2) is 0 Å². The van der Waals surface area contributed by atoms with E-state index in [9.17, 15) is 4.79 Å². The first-order valence-corrected chi connectivity index (χ1v) is 4.99. The Balaban J connectivity index is 2.90. The van der Waals surface area contributed by atoms with E-state index in [0.29, 0.717) is 17.8 Å². The van der Waals surface area contributed by atoms with Crippen LogP contribution in [-0.2, 0) is 17.8 Å². The number of methoxy groups -OCH3 is 1. The monoisotopic (exact) mass is 212 g/mol. The van der Waals surface area contributed by atoms with Gasteiger partial charge in [-0.3, -0.25) is 5.10 Å². The Hall–Kier alpha value is -1.36. The van der Waals surface area contributed by atoms with E-state index in [0.717, 1.165) is 12.8 Å². The van der Waals surface area contributed by atoms with Crippen molar-refractivity contribution >= 4 is 5.97 Å². The van der Waals surface area contributed by atoms with Crippen molar-refractivity contribution in [2.24, 2.45) is 0 Å². The number of hydrogen-bond donors (Lipinski definition) is 2. The third kappa shape index (κ3) is 2.79. The predicted octanol–water partition coefficient (Wildman–Crippen LogP) is 1.60. The predicted molar refractivity (Wildman–Crippen MR) is 54.9 cm³/mol. The van der Waals surface area contributed by atoms with Crippen LogP contribution in [0.2, 0.25) is 0 Å². The zero-order valence-corrected chi connectivity index (χ0v) is 9.04. The number of unbranched alkanes of at least 4 members (excludes halogenated alkanes) is 1. The average Bonchev–Trinajstić information content (AvgIpc) is 2.58. The van der Waals surface area contributed by atoms with Gasteiger partial charge in [-0.1, -0.05) is 13.3 Å². The Morgan fingerprint density at radius 3 is 2.87 bits per heavy atom. The minimum atomic E-state index is -0.943. The molecule has 0 aliphatic heterocycles. The highest BCUT2D eigenvalue weighted by Gasteiger charge is 2.18. The molecule has 5 nitrogen and oxygen atoms in total. The number of nitrogens with zero attached hydrogens (tertiary/aromatic N) is 1. The van der Waals surface area contributed by atoms with E-state index in [1.165, 1.54) is 7.11 Å². The van der Waals surface area contributed by atoms with Gasteiger partial charge in [-0.2, -0.15) is 5.10 Å². The van der Waals surface area contributed by atoms with Crippen molar-refractivity contribution in [1.82, 2.24) is 10.2 Å². The molecule has 1 rings (SSSR count). The molecule has 15 heavy (non-hydrogen) atoms. The number of aromatic amines is 1. The molecule has 0 spiro atoms. The number of carboxylic acids is 1. The summed E-state index contributed by atoms with van der Waals surface area (Å²) in [6, 6.07) is 0. The molecular formula is C10H16N2O3. The minimum Gasteiger partial charge on any atom is -0.478 e. The first-order valence-electron chi connectivity index (χ1n) is 4.99. The highest BCUT2D eigenvalue weighted by molar-refractivity contribution is 5.90. The third-order valence-electron chi connectivity index (χ3n) is 2.19. The molecule has 0 fully saturated rings. The van der Waals surface area contributed by atoms with Gasteiger partial charge in [0.05, 0.1) is 18.0 Å². The van der Waals surface area contributed by atoms with E-state index in [2.05, 4.69) is 17.1 Å². The maximum Gasteiger partial charge on any atom is 0.339 e. The summed E-state index contributed by atoms with van der Waals surface area (Å²) in [4.78, 5) is 11.0. The van der Waals surface area contributed by atoms with E-state index in [4.69, 9.17) is 9.84 Å². The van der Waals surface area contributed by atoms with Crippen LogP contribution in [-0.4, -0.2) is 28.4 Å². The van der Waals surface area contributed by atoms with Crippen molar-refractivity contribution in [1.29, 1.82) is 0 Å². The summed E-state index contributed by atoms with van der Waals surface area (Å²) in [6.45, 7) is 2.31. The topological polar surface area (TPSA) is 75.2 Å². The van der Waals surface area contributed by atoms with E-state index in [1.54, 1.807) is 0 Å². The van der Waals surface area contributed by atoms with Gasteiger partial charge in [0, 0.05) is 7.11 Å². The van der Waals surface area contributed by atoms with Crippen LogP contribution in [0.1, 0.15) is 41.5 Å². The summed E-state index contributed by atoms with van der Waals surface area (Å²) < 4.78 is 4.90. The van der Waals surface area contributed by atoms with Crippen molar-refractivity contribution < 1.29 is 14.6 Å². The molecule has 2 N–H and O–H groups in total. The van der Waals surface area contributed by atoms with Crippen molar-refractivity contribution in [3.63, 3.8) is 0 Å². The molecule has 1 heterocycles. The molecule has 0 saturated heterocycles. The number of rotatable bonds is 6. The van der Waals surface area contributed by atoms with Gasteiger partial charge in [-0.25, -0.2) is 4.79 Å². The molecule has 0 aliphatic carbocycles. The maximum atomic E-state index is 11.0. The second-order valence-corrected chi connectivity index (χ2v) is 3.37. The van der Waals surface area contributed by atoms with Crippen molar-refractivity contribution in [2.75, 3.05) is 7.11 Å². The minimum absolute atomic E-state index is 0.251. The van der Waals surface area contributed by atoms with Crippen LogP contribution in [0.5, 0.6) is 0 Å².